The Bertz CT molecular complexity index is 639. The summed E-state index contributed by atoms with van der Waals surface area (Å²) < 4.78 is 6.20. The van der Waals surface area contributed by atoms with Crippen molar-refractivity contribution in [2.24, 2.45) is 0 Å². The number of pyridine rings is 1. The Morgan fingerprint density at radius 3 is 2.13 bits per heavy atom. The molecule has 0 radical (unpaired) electrons. The molecule has 2 nitrogen and oxygen atoms in total. The highest BCUT2D eigenvalue weighted by Gasteiger charge is 2.12. The van der Waals surface area contributed by atoms with Crippen LogP contribution < -0.4 is 0 Å². The number of ether oxygens (including phenoxy) is 1. The van der Waals surface area contributed by atoms with Crippen LogP contribution in [-0.2, 0) is 17.8 Å². The van der Waals surface area contributed by atoms with Gasteiger partial charge in [0.25, 0.3) is 0 Å². The average molecular weight is 303 g/mol. The van der Waals surface area contributed by atoms with E-state index in [9.17, 15) is 0 Å². The van der Waals surface area contributed by atoms with E-state index < -0.39 is 0 Å². The number of aryl methyl sites for hydroxylation is 1. The quantitative estimate of drug-likeness (QED) is 0.614. The minimum Gasteiger partial charge on any atom is -0.369 e. The van der Waals surface area contributed by atoms with Crippen LogP contribution in [0.4, 0.5) is 0 Å². The van der Waals surface area contributed by atoms with Crippen LogP contribution in [0, 0.1) is 0 Å². The molecule has 0 amide bonds. The molecule has 0 aliphatic carbocycles. The molecule has 0 saturated heterocycles. The first-order chi connectivity index (χ1) is 11.4. The zero-order valence-electron chi connectivity index (χ0n) is 13.1. The van der Waals surface area contributed by atoms with Crippen LogP contribution in [0.3, 0.4) is 0 Å². The molecule has 0 fully saturated rings. The first kappa shape index (κ1) is 15.4. The first-order valence-corrected chi connectivity index (χ1v) is 8.01. The van der Waals surface area contributed by atoms with Gasteiger partial charge < -0.3 is 4.74 Å². The number of benzene rings is 2. The van der Waals surface area contributed by atoms with Crippen LogP contribution in [0.25, 0.3) is 0 Å². The lowest BCUT2D eigenvalue weighted by Crippen LogP contribution is -2.06. The molecular formula is C21H21NO. The number of nitrogens with zero attached hydrogens (tertiary/aromatic N) is 1. The third kappa shape index (κ3) is 4.76. The third-order valence-electron chi connectivity index (χ3n) is 3.89. The van der Waals surface area contributed by atoms with Gasteiger partial charge in [-0.15, -0.1) is 0 Å². The molecule has 2 heteroatoms. The maximum atomic E-state index is 6.20. The molecule has 1 aromatic heterocycles. The van der Waals surface area contributed by atoms with Crippen LogP contribution in [0.1, 0.15) is 29.2 Å². The number of rotatable bonds is 7. The molecule has 1 heterocycles. The lowest BCUT2D eigenvalue weighted by Gasteiger charge is -2.18. The highest BCUT2D eigenvalue weighted by Crippen LogP contribution is 2.24. The molecule has 3 rings (SSSR count). The predicted molar refractivity (Wildman–Crippen MR) is 93.0 cm³/mol. The van der Waals surface area contributed by atoms with Gasteiger partial charge in [-0.1, -0.05) is 66.7 Å². The average Bonchev–Trinajstić information content (AvgIpc) is 2.64. The second-order valence-electron chi connectivity index (χ2n) is 5.60. The summed E-state index contributed by atoms with van der Waals surface area (Å²) in [6.45, 7) is 0.620. The van der Waals surface area contributed by atoms with Gasteiger partial charge in [0.1, 0.15) is 0 Å². The van der Waals surface area contributed by atoms with Crippen molar-refractivity contribution in [1.29, 1.82) is 0 Å². The predicted octanol–water partition coefficient (Wildman–Crippen LogP) is 4.97. The van der Waals surface area contributed by atoms with Gasteiger partial charge in [0.2, 0.25) is 0 Å². The summed E-state index contributed by atoms with van der Waals surface area (Å²) in [7, 11) is 0. The van der Waals surface area contributed by atoms with Crippen molar-refractivity contribution in [2.45, 2.75) is 25.6 Å². The molecule has 1 atom stereocenters. The Balaban J connectivity index is 1.66. The Labute approximate surface area is 137 Å². The fourth-order valence-corrected chi connectivity index (χ4v) is 2.63. The van der Waals surface area contributed by atoms with Crippen molar-refractivity contribution in [3.05, 3.63) is 102 Å². The van der Waals surface area contributed by atoms with Gasteiger partial charge in [-0.25, -0.2) is 0 Å². The lowest BCUT2D eigenvalue weighted by atomic mass is 10.0. The molecule has 23 heavy (non-hydrogen) atoms. The fourth-order valence-electron chi connectivity index (χ4n) is 2.63. The van der Waals surface area contributed by atoms with E-state index >= 15 is 0 Å². The van der Waals surface area contributed by atoms with Crippen LogP contribution in [0.15, 0.2) is 85.2 Å². The van der Waals surface area contributed by atoms with Crippen LogP contribution in [0.2, 0.25) is 0 Å². The summed E-state index contributed by atoms with van der Waals surface area (Å²) in [5, 5.41) is 0. The molecule has 3 aromatic rings. The molecule has 1 unspecified atom stereocenters. The smallest absolute Gasteiger partial charge is 0.0847 e. The zero-order chi connectivity index (χ0) is 15.7. The van der Waals surface area contributed by atoms with Crippen LogP contribution in [0.5, 0.6) is 0 Å². The topological polar surface area (TPSA) is 22.1 Å². The molecule has 0 aliphatic heterocycles. The summed E-state index contributed by atoms with van der Waals surface area (Å²) in [5.74, 6) is 0. The summed E-state index contributed by atoms with van der Waals surface area (Å²) in [6, 6.07) is 24.9. The summed E-state index contributed by atoms with van der Waals surface area (Å²) in [4.78, 5) is 4.24. The summed E-state index contributed by atoms with van der Waals surface area (Å²) in [5.41, 5.74) is 3.67. The molecule has 0 saturated carbocycles. The van der Waals surface area contributed by atoms with E-state index in [0.717, 1.165) is 18.4 Å². The minimum absolute atomic E-state index is 0.0594. The van der Waals surface area contributed by atoms with Crippen LogP contribution >= 0.6 is 0 Å². The van der Waals surface area contributed by atoms with E-state index in [-0.39, 0.29) is 6.10 Å². The van der Waals surface area contributed by atoms with E-state index in [0.29, 0.717) is 6.61 Å². The standard InChI is InChI=1S/C21H21NO/c1-3-8-18(9-4-1)13-14-21(20-12-7-15-22-16-20)23-17-19-10-5-2-6-11-19/h1-12,15-16,21H,13-14,17H2. The lowest BCUT2D eigenvalue weighted by molar-refractivity contribution is 0.0338. The molecule has 0 spiro atoms. The van der Waals surface area contributed by atoms with Gasteiger partial charge in [0.05, 0.1) is 12.7 Å². The molecular weight excluding hydrogens is 282 g/mol. The van der Waals surface area contributed by atoms with Gasteiger partial charge >= 0.3 is 0 Å². The maximum absolute atomic E-state index is 6.20. The van der Waals surface area contributed by atoms with E-state index in [4.69, 9.17) is 4.74 Å². The molecule has 0 N–H and O–H groups in total. The van der Waals surface area contributed by atoms with Crippen molar-refractivity contribution in [1.82, 2.24) is 4.98 Å². The van der Waals surface area contributed by atoms with Crippen molar-refractivity contribution in [3.8, 4) is 0 Å². The Hall–Kier alpha value is -2.45. The van der Waals surface area contributed by atoms with E-state index in [1.54, 1.807) is 6.20 Å². The molecule has 2 aromatic carbocycles. The van der Waals surface area contributed by atoms with Crippen molar-refractivity contribution < 1.29 is 4.74 Å². The van der Waals surface area contributed by atoms with E-state index in [1.807, 2.05) is 36.5 Å². The highest BCUT2D eigenvalue weighted by molar-refractivity contribution is 5.18. The second kappa shape index (κ2) is 8.25. The highest BCUT2D eigenvalue weighted by atomic mass is 16.5. The van der Waals surface area contributed by atoms with Gasteiger partial charge in [0.15, 0.2) is 0 Å². The molecule has 0 bridgehead atoms. The van der Waals surface area contributed by atoms with Crippen molar-refractivity contribution in [2.75, 3.05) is 0 Å². The van der Waals surface area contributed by atoms with Gasteiger partial charge in [-0.05, 0) is 35.6 Å². The zero-order valence-corrected chi connectivity index (χ0v) is 13.1. The SMILES string of the molecule is c1ccc(CCC(OCc2ccccc2)c2cccnc2)cc1. The fraction of sp³-hybridized carbons (Fsp3) is 0.190. The van der Waals surface area contributed by atoms with E-state index in [1.165, 1.54) is 11.1 Å². The van der Waals surface area contributed by atoms with Gasteiger partial charge in [0, 0.05) is 12.4 Å². The minimum atomic E-state index is 0.0594. The largest absolute Gasteiger partial charge is 0.369 e. The van der Waals surface area contributed by atoms with Crippen LogP contribution in [-0.4, -0.2) is 4.98 Å². The van der Waals surface area contributed by atoms with E-state index in [2.05, 4.69) is 47.4 Å². The van der Waals surface area contributed by atoms with Crippen molar-refractivity contribution in [3.63, 3.8) is 0 Å². The first-order valence-electron chi connectivity index (χ1n) is 8.01. The third-order valence-corrected chi connectivity index (χ3v) is 3.89. The van der Waals surface area contributed by atoms with Gasteiger partial charge in [-0.3, -0.25) is 4.98 Å². The number of hydrogen-bond donors (Lipinski definition) is 0. The molecule has 116 valence electrons. The van der Waals surface area contributed by atoms with Crippen molar-refractivity contribution >= 4 is 0 Å². The Morgan fingerprint density at radius 1 is 0.783 bits per heavy atom. The monoisotopic (exact) mass is 303 g/mol. The number of hydrogen-bond acceptors (Lipinski definition) is 2. The maximum Gasteiger partial charge on any atom is 0.0847 e. The molecule has 0 aliphatic rings. The summed E-state index contributed by atoms with van der Waals surface area (Å²) in [6.07, 6.45) is 5.71. The Morgan fingerprint density at radius 2 is 1.48 bits per heavy atom. The summed E-state index contributed by atoms with van der Waals surface area (Å²) >= 11 is 0. The number of aromatic nitrogens is 1. The van der Waals surface area contributed by atoms with Gasteiger partial charge in [-0.2, -0.15) is 0 Å². The normalized spacial score (nSPS) is 12.0. The second-order valence-corrected chi connectivity index (χ2v) is 5.60. The Kier molecular flexibility index (Phi) is 5.54.